The number of thiophene rings is 1. The lowest BCUT2D eigenvalue weighted by molar-refractivity contribution is -0.137. The van der Waals surface area contributed by atoms with Crippen LogP contribution in [0.2, 0.25) is 0 Å². The molecule has 0 saturated heterocycles. The number of nitrogen functional groups attached to an aromatic ring is 1. The highest BCUT2D eigenvalue weighted by Crippen LogP contribution is 2.49. The molecule has 0 amide bonds. The highest BCUT2D eigenvalue weighted by atomic mass is 32.1. The van der Waals surface area contributed by atoms with Gasteiger partial charge in [-0.05, 0) is 37.0 Å². The zero-order valence-corrected chi connectivity index (χ0v) is 21.4. The maximum atomic E-state index is 16.4. The summed E-state index contributed by atoms with van der Waals surface area (Å²) in [6.07, 6.45) is -2.96. The molecule has 200 valence electrons. The van der Waals surface area contributed by atoms with Crippen molar-refractivity contribution in [2.75, 3.05) is 24.8 Å². The Balaban J connectivity index is 1.91. The lowest BCUT2D eigenvalue weighted by Crippen LogP contribution is -2.52. The fourth-order valence-corrected chi connectivity index (χ4v) is 6.07. The van der Waals surface area contributed by atoms with E-state index in [1.165, 1.54) is 7.11 Å². The molecule has 4 aromatic rings. The van der Waals surface area contributed by atoms with Crippen molar-refractivity contribution in [3.05, 3.63) is 41.0 Å². The van der Waals surface area contributed by atoms with E-state index in [1.807, 2.05) is 0 Å². The van der Waals surface area contributed by atoms with Gasteiger partial charge in [-0.1, -0.05) is 6.07 Å². The largest absolute Gasteiger partial charge is 0.467 e. The second-order valence-corrected chi connectivity index (χ2v) is 10.3. The van der Waals surface area contributed by atoms with Gasteiger partial charge in [-0.3, -0.25) is 0 Å². The first-order chi connectivity index (χ1) is 18.5. The van der Waals surface area contributed by atoms with Crippen LogP contribution in [0.1, 0.15) is 36.8 Å². The van der Waals surface area contributed by atoms with Crippen molar-refractivity contribution >= 4 is 43.1 Å². The first-order valence-corrected chi connectivity index (χ1v) is 12.5. The maximum Gasteiger partial charge on any atom is 0.417 e. The van der Waals surface area contributed by atoms with Crippen LogP contribution in [-0.4, -0.2) is 29.7 Å². The van der Waals surface area contributed by atoms with Gasteiger partial charge in [0.05, 0.1) is 41.0 Å². The predicted octanol–water partition coefficient (Wildman–Crippen LogP) is 6.54. The molecule has 7 nitrogen and oxygen atoms in total. The quantitative estimate of drug-likeness (QED) is 0.277. The van der Waals surface area contributed by atoms with E-state index < -0.39 is 40.0 Å². The Morgan fingerprint density at radius 3 is 2.49 bits per heavy atom. The zero-order chi connectivity index (χ0) is 28.3. The van der Waals surface area contributed by atoms with Crippen LogP contribution in [0.5, 0.6) is 6.01 Å². The number of ether oxygens (including phenoxy) is 1. The van der Waals surface area contributed by atoms with Crippen molar-refractivity contribution in [3.63, 3.8) is 0 Å². The van der Waals surface area contributed by atoms with Gasteiger partial charge >= 0.3 is 12.2 Å². The van der Waals surface area contributed by atoms with Crippen molar-refractivity contribution in [2.45, 2.75) is 37.4 Å². The third kappa shape index (κ3) is 3.96. The minimum atomic E-state index is -5.06. The normalized spacial score (nSPS) is 14.6. The summed E-state index contributed by atoms with van der Waals surface area (Å²) in [7, 11) is 2.83. The number of nitrogens with zero attached hydrogens (tertiary/aromatic N) is 5. The Bertz CT molecular complexity index is 1730. The Morgan fingerprint density at radius 2 is 1.92 bits per heavy atom. The second kappa shape index (κ2) is 9.20. The number of rotatable bonds is 5. The summed E-state index contributed by atoms with van der Waals surface area (Å²) < 4.78 is 79.7. The molecule has 13 heteroatoms. The number of hydrogen-bond donors (Lipinski definition) is 1. The van der Waals surface area contributed by atoms with Gasteiger partial charge in [0, 0.05) is 23.4 Å². The van der Waals surface area contributed by atoms with Crippen molar-refractivity contribution in [1.82, 2.24) is 9.97 Å². The smallest absolute Gasteiger partial charge is 0.417 e. The summed E-state index contributed by atoms with van der Waals surface area (Å²) in [4.78, 5) is 9.88. The average molecular weight is 559 g/mol. The number of alkyl halides is 3. The molecule has 0 atom stereocenters. The van der Waals surface area contributed by atoms with Crippen molar-refractivity contribution < 1.29 is 26.7 Å². The standard InChI is InChI=1S/C26H19F5N6OS/c1-37(25(8-9-32)6-3-7-25)23-13-10-15(26(29,30)31)18(19(28)20(13)35-24(36-23)38-2)12-4-5-16(27)21-17(12)14(11-33)22(34)39-21/h4-5,10H,3,6-8,34H2,1-2H3. The lowest BCUT2D eigenvalue weighted by atomic mass is 9.73. The van der Waals surface area contributed by atoms with Crippen LogP contribution in [-0.2, 0) is 6.18 Å². The fraction of sp³-hybridized carbons (Fsp3) is 0.308. The molecule has 1 aliphatic rings. The van der Waals surface area contributed by atoms with Gasteiger partial charge in [0.25, 0.3) is 0 Å². The van der Waals surface area contributed by atoms with E-state index >= 15 is 4.39 Å². The second-order valence-electron chi connectivity index (χ2n) is 9.26. The molecular formula is C26H19F5N6OS. The molecule has 0 bridgehead atoms. The van der Waals surface area contributed by atoms with Crippen LogP contribution < -0.4 is 15.4 Å². The van der Waals surface area contributed by atoms with Gasteiger partial charge in [0.1, 0.15) is 28.2 Å². The topological polar surface area (TPSA) is 112 Å². The molecule has 2 aromatic heterocycles. The molecule has 5 rings (SSSR count). The van der Waals surface area contributed by atoms with E-state index in [1.54, 1.807) is 18.0 Å². The van der Waals surface area contributed by atoms with E-state index in [9.17, 15) is 28.1 Å². The van der Waals surface area contributed by atoms with Gasteiger partial charge in [-0.2, -0.15) is 33.7 Å². The summed E-state index contributed by atoms with van der Waals surface area (Å²) >= 11 is 0.688. The van der Waals surface area contributed by atoms with Crippen molar-refractivity contribution in [2.24, 2.45) is 0 Å². The Morgan fingerprint density at radius 1 is 1.21 bits per heavy atom. The van der Waals surface area contributed by atoms with E-state index in [4.69, 9.17) is 10.5 Å². The average Bonchev–Trinajstić information content (AvgIpc) is 3.22. The van der Waals surface area contributed by atoms with Crippen LogP contribution in [0.25, 0.3) is 32.1 Å². The fourth-order valence-electron chi connectivity index (χ4n) is 5.12. The van der Waals surface area contributed by atoms with E-state index in [0.29, 0.717) is 24.2 Å². The number of anilines is 2. The van der Waals surface area contributed by atoms with Gasteiger partial charge < -0.3 is 15.4 Å². The summed E-state index contributed by atoms with van der Waals surface area (Å²) in [5.41, 5.74) is 1.84. The van der Waals surface area contributed by atoms with Crippen LogP contribution in [0, 0.1) is 34.3 Å². The molecule has 0 aliphatic heterocycles. The number of nitriles is 2. The number of methoxy groups -OCH3 is 1. The van der Waals surface area contributed by atoms with Crippen molar-refractivity contribution in [3.8, 4) is 29.3 Å². The lowest BCUT2D eigenvalue weighted by Gasteiger charge is -2.48. The third-order valence-corrected chi connectivity index (χ3v) is 8.33. The number of benzene rings is 2. The summed E-state index contributed by atoms with van der Waals surface area (Å²) in [6.45, 7) is 0. The number of nitrogens with two attached hydrogens (primary N) is 1. The number of halogens is 5. The van der Waals surface area contributed by atoms with Crippen LogP contribution in [0.15, 0.2) is 18.2 Å². The molecule has 2 aromatic carbocycles. The summed E-state index contributed by atoms with van der Waals surface area (Å²) in [5, 5.41) is 18.4. The molecule has 1 aliphatic carbocycles. The van der Waals surface area contributed by atoms with Crippen LogP contribution in [0.3, 0.4) is 0 Å². The Hall–Kier alpha value is -4.23. The molecule has 39 heavy (non-hydrogen) atoms. The highest BCUT2D eigenvalue weighted by molar-refractivity contribution is 7.23. The predicted molar refractivity (Wildman–Crippen MR) is 136 cm³/mol. The van der Waals surface area contributed by atoms with Gasteiger partial charge in [-0.25, -0.2) is 8.78 Å². The number of hydrogen-bond acceptors (Lipinski definition) is 8. The minimum absolute atomic E-state index is 0.0236. The van der Waals surface area contributed by atoms with Crippen molar-refractivity contribution in [1.29, 1.82) is 10.5 Å². The number of fused-ring (bicyclic) bond motifs is 2. The molecule has 2 N–H and O–H groups in total. The summed E-state index contributed by atoms with van der Waals surface area (Å²) in [6, 6.07) is 6.25. The molecule has 1 fully saturated rings. The van der Waals surface area contributed by atoms with Gasteiger partial charge in [-0.15, -0.1) is 11.3 Å². The van der Waals surface area contributed by atoms with Crippen LogP contribution >= 0.6 is 11.3 Å². The molecule has 0 unspecified atom stereocenters. The molecule has 1 saturated carbocycles. The van der Waals surface area contributed by atoms with E-state index in [-0.39, 0.29) is 49.8 Å². The Kier molecular flexibility index (Phi) is 6.23. The molecule has 0 radical (unpaired) electrons. The molecule has 0 spiro atoms. The third-order valence-electron chi connectivity index (χ3n) is 7.30. The first kappa shape index (κ1) is 26.4. The monoisotopic (exact) mass is 558 g/mol. The SMILES string of the molecule is COc1nc(N(C)C2(CC#N)CCC2)c2cc(C(F)(F)F)c(-c3ccc(F)c4sc(N)c(C#N)c34)c(F)c2n1. The maximum absolute atomic E-state index is 16.4. The van der Waals surface area contributed by atoms with Gasteiger partial charge in [0.15, 0.2) is 5.82 Å². The molecular weight excluding hydrogens is 539 g/mol. The van der Waals surface area contributed by atoms with E-state index in [2.05, 4.69) is 16.0 Å². The van der Waals surface area contributed by atoms with E-state index in [0.717, 1.165) is 24.6 Å². The Labute approximate surface area is 222 Å². The molecule has 2 heterocycles. The summed E-state index contributed by atoms with van der Waals surface area (Å²) in [5.74, 6) is -2.18. The highest BCUT2D eigenvalue weighted by Gasteiger charge is 2.43. The first-order valence-electron chi connectivity index (χ1n) is 11.6. The minimum Gasteiger partial charge on any atom is -0.467 e. The zero-order valence-electron chi connectivity index (χ0n) is 20.6. The van der Waals surface area contributed by atoms with Crippen LogP contribution in [0.4, 0.5) is 32.8 Å². The number of aromatic nitrogens is 2. The van der Waals surface area contributed by atoms with Gasteiger partial charge in [0.2, 0.25) is 0 Å².